The van der Waals surface area contributed by atoms with Crippen molar-refractivity contribution in [1.82, 2.24) is 10.2 Å². The molecule has 0 spiro atoms. The molecule has 31 heavy (non-hydrogen) atoms. The highest BCUT2D eigenvalue weighted by Crippen LogP contribution is 2.28. The lowest BCUT2D eigenvalue weighted by atomic mass is 9.97. The van der Waals surface area contributed by atoms with Crippen LogP contribution in [0.5, 0.6) is 11.5 Å². The van der Waals surface area contributed by atoms with Crippen molar-refractivity contribution < 1.29 is 27.4 Å². The van der Waals surface area contributed by atoms with Crippen LogP contribution in [0.3, 0.4) is 0 Å². The number of aryl methyl sites for hydroxylation is 1. The van der Waals surface area contributed by atoms with Crippen LogP contribution in [0.25, 0.3) is 0 Å². The van der Waals surface area contributed by atoms with E-state index in [0.29, 0.717) is 11.3 Å². The summed E-state index contributed by atoms with van der Waals surface area (Å²) in [4.78, 5) is 13.8. The zero-order chi connectivity index (χ0) is 22.6. The summed E-state index contributed by atoms with van der Waals surface area (Å²) in [5, 5.41) is 11.7. The average Bonchev–Trinajstić information content (AvgIpc) is 2.69. The van der Waals surface area contributed by atoms with Gasteiger partial charge in [-0.3, -0.25) is 9.69 Å². The van der Waals surface area contributed by atoms with Crippen molar-refractivity contribution in [3.05, 3.63) is 58.7 Å². The number of nitriles is 1. The molecule has 2 aromatic carbocycles. The molecule has 0 unspecified atom stereocenters. The van der Waals surface area contributed by atoms with Crippen molar-refractivity contribution in [3.8, 4) is 17.6 Å². The van der Waals surface area contributed by atoms with Crippen molar-refractivity contribution in [2.24, 2.45) is 5.92 Å². The van der Waals surface area contributed by atoms with E-state index in [9.17, 15) is 18.0 Å². The van der Waals surface area contributed by atoms with Gasteiger partial charge in [0, 0.05) is 26.7 Å². The van der Waals surface area contributed by atoms with Gasteiger partial charge in [-0.15, -0.1) is 13.2 Å². The first kappa shape index (κ1) is 22.4. The van der Waals surface area contributed by atoms with Gasteiger partial charge in [0.15, 0.2) is 0 Å². The van der Waals surface area contributed by atoms with E-state index in [1.807, 2.05) is 25.1 Å². The molecular weight excluding hydrogens is 411 g/mol. The molecule has 0 saturated carbocycles. The summed E-state index contributed by atoms with van der Waals surface area (Å²) in [5.74, 6) is 0.180. The fourth-order valence-corrected chi connectivity index (χ4v) is 3.38. The summed E-state index contributed by atoms with van der Waals surface area (Å²) in [5.41, 5.74) is 2.50. The Kier molecular flexibility index (Phi) is 6.71. The second kappa shape index (κ2) is 9.27. The molecule has 2 aromatic rings. The number of alkyl halides is 3. The smallest absolute Gasteiger partial charge is 0.489 e. The van der Waals surface area contributed by atoms with E-state index < -0.39 is 12.1 Å². The molecule has 0 atom stereocenters. The quantitative estimate of drug-likeness (QED) is 0.723. The molecule has 1 saturated heterocycles. The van der Waals surface area contributed by atoms with Crippen molar-refractivity contribution in [1.29, 1.82) is 5.26 Å². The molecule has 0 bridgehead atoms. The van der Waals surface area contributed by atoms with Gasteiger partial charge >= 0.3 is 6.36 Å². The van der Waals surface area contributed by atoms with Gasteiger partial charge in [0.25, 0.3) is 0 Å². The molecule has 9 heteroatoms. The van der Waals surface area contributed by atoms with E-state index in [0.717, 1.165) is 36.8 Å². The number of likely N-dealkylation sites (tertiary alicyclic amines) is 1. The Morgan fingerprint density at radius 1 is 1.26 bits per heavy atom. The third kappa shape index (κ3) is 5.89. The van der Waals surface area contributed by atoms with Crippen molar-refractivity contribution in [3.63, 3.8) is 0 Å². The maximum absolute atomic E-state index is 12.4. The Hall–Kier alpha value is -3.25. The van der Waals surface area contributed by atoms with Crippen LogP contribution in [0.4, 0.5) is 13.2 Å². The minimum atomic E-state index is -4.86. The number of ether oxygens (including phenoxy) is 2. The lowest BCUT2D eigenvalue weighted by Crippen LogP contribution is -2.52. The number of hydrogen-bond donors (Lipinski definition) is 1. The molecule has 3 rings (SSSR count). The summed E-state index contributed by atoms with van der Waals surface area (Å²) >= 11 is 0. The largest absolute Gasteiger partial charge is 0.573 e. The SMILES string of the molecule is CNC(=O)C1CN(Cc2ccc(OCc3ccc(OC(F)(F)F)c(C#N)c3)cc2C)C1. The second-order valence-electron chi connectivity index (χ2n) is 7.37. The molecule has 1 fully saturated rings. The number of carbonyl (C=O) groups is 1. The first-order valence-corrected chi connectivity index (χ1v) is 9.63. The van der Waals surface area contributed by atoms with Crippen LogP contribution in [0.15, 0.2) is 36.4 Å². The van der Waals surface area contributed by atoms with E-state index in [1.165, 1.54) is 12.1 Å². The minimum absolute atomic E-state index is 0.0409. The zero-order valence-electron chi connectivity index (χ0n) is 17.1. The molecule has 0 radical (unpaired) electrons. The van der Waals surface area contributed by atoms with Crippen LogP contribution in [0, 0.1) is 24.2 Å². The van der Waals surface area contributed by atoms with Crippen LogP contribution >= 0.6 is 0 Å². The number of benzene rings is 2. The number of hydrogen-bond acceptors (Lipinski definition) is 5. The lowest BCUT2D eigenvalue weighted by molar-refractivity contribution is -0.274. The predicted octanol–water partition coefficient (Wildman–Crippen LogP) is 3.52. The Balaban J connectivity index is 1.57. The second-order valence-corrected chi connectivity index (χ2v) is 7.37. The Labute approximate surface area is 178 Å². The molecule has 1 amide bonds. The normalized spacial score (nSPS) is 14.5. The molecule has 6 nitrogen and oxygen atoms in total. The van der Waals surface area contributed by atoms with Gasteiger partial charge in [0.05, 0.1) is 11.5 Å². The standard InChI is InChI=1S/C22H22F3N3O3/c1-14-7-19(5-4-16(14)10-28-11-18(12-28)21(29)27-2)30-13-15-3-6-20(17(8-15)9-26)31-22(23,24)25/h3-8,18H,10-13H2,1-2H3,(H,27,29). The van der Waals surface area contributed by atoms with Gasteiger partial charge in [-0.05, 0) is 47.9 Å². The number of nitrogens with zero attached hydrogens (tertiary/aromatic N) is 2. The van der Waals surface area contributed by atoms with Crippen LogP contribution in [-0.4, -0.2) is 37.3 Å². The van der Waals surface area contributed by atoms with Crippen molar-refractivity contribution >= 4 is 5.91 Å². The highest BCUT2D eigenvalue weighted by Gasteiger charge is 2.33. The first-order chi connectivity index (χ1) is 14.7. The predicted molar refractivity (Wildman–Crippen MR) is 106 cm³/mol. The lowest BCUT2D eigenvalue weighted by Gasteiger charge is -2.38. The van der Waals surface area contributed by atoms with Gasteiger partial charge in [0.2, 0.25) is 5.91 Å². The van der Waals surface area contributed by atoms with E-state index in [-0.39, 0.29) is 24.0 Å². The van der Waals surface area contributed by atoms with E-state index in [2.05, 4.69) is 15.0 Å². The number of carbonyl (C=O) groups excluding carboxylic acids is 1. The highest BCUT2D eigenvalue weighted by atomic mass is 19.4. The van der Waals surface area contributed by atoms with Crippen LogP contribution < -0.4 is 14.8 Å². The molecule has 0 aromatic heterocycles. The fraction of sp³-hybridized carbons (Fsp3) is 0.364. The van der Waals surface area contributed by atoms with E-state index >= 15 is 0 Å². The molecule has 0 aliphatic carbocycles. The monoisotopic (exact) mass is 433 g/mol. The van der Waals surface area contributed by atoms with Gasteiger partial charge in [-0.25, -0.2) is 0 Å². The Morgan fingerprint density at radius 2 is 2.00 bits per heavy atom. The minimum Gasteiger partial charge on any atom is -0.489 e. The van der Waals surface area contributed by atoms with Gasteiger partial charge in [0.1, 0.15) is 24.2 Å². The maximum Gasteiger partial charge on any atom is 0.573 e. The molecular formula is C22H22F3N3O3. The third-order valence-electron chi connectivity index (χ3n) is 5.08. The van der Waals surface area contributed by atoms with E-state index in [1.54, 1.807) is 13.1 Å². The Bertz CT molecular complexity index is 996. The number of rotatable bonds is 7. The highest BCUT2D eigenvalue weighted by molar-refractivity contribution is 5.79. The van der Waals surface area contributed by atoms with Gasteiger partial charge in [-0.1, -0.05) is 12.1 Å². The van der Waals surface area contributed by atoms with Crippen LogP contribution in [0.1, 0.15) is 22.3 Å². The first-order valence-electron chi connectivity index (χ1n) is 9.63. The molecule has 1 N–H and O–H groups in total. The summed E-state index contributed by atoms with van der Waals surface area (Å²) in [7, 11) is 1.64. The van der Waals surface area contributed by atoms with Crippen LogP contribution in [-0.2, 0) is 17.9 Å². The summed E-state index contributed by atoms with van der Waals surface area (Å²) in [6.07, 6.45) is -4.86. The number of halogens is 3. The maximum atomic E-state index is 12.4. The topological polar surface area (TPSA) is 74.6 Å². The summed E-state index contributed by atoms with van der Waals surface area (Å²) in [6, 6.07) is 11.2. The number of nitrogens with one attached hydrogen (secondary N) is 1. The van der Waals surface area contributed by atoms with Gasteiger partial charge < -0.3 is 14.8 Å². The molecule has 1 heterocycles. The average molecular weight is 433 g/mol. The van der Waals surface area contributed by atoms with Crippen LogP contribution in [0.2, 0.25) is 0 Å². The van der Waals surface area contributed by atoms with Crippen molar-refractivity contribution in [2.45, 2.75) is 26.4 Å². The zero-order valence-corrected chi connectivity index (χ0v) is 17.1. The molecule has 1 aliphatic heterocycles. The fourth-order valence-electron chi connectivity index (χ4n) is 3.38. The number of amides is 1. The summed E-state index contributed by atoms with van der Waals surface area (Å²) in [6.45, 7) is 4.26. The third-order valence-corrected chi connectivity index (χ3v) is 5.08. The Morgan fingerprint density at radius 3 is 2.61 bits per heavy atom. The molecule has 1 aliphatic rings. The molecule has 164 valence electrons. The van der Waals surface area contributed by atoms with Gasteiger partial charge in [-0.2, -0.15) is 5.26 Å². The van der Waals surface area contributed by atoms with Crippen molar-refractivity contribution in [2.75, 3.05) is 20.1 Å². The summed E-state index contributed by atoms with van der Waals surface area (Å²) < 4.78 is 46.8. The van der Waals surface area contributed by atoms with E-state index in [4.69, 9.17) is 10.00 Å².